The van der Waals surface area contributed by atoms with Crippen molar-refractivity contribution in [3.05, 3.63) is 44.8 Å². The van der Waals surface area contributed by atoms with E-state index in [1.807, 2.05) is 39.2 Å². The second-order valence-electron chi connectivity index (χ2n) is 5.38. The average molecular weight is 386 g/mol. The molecule has 2 aromatic heterocycles. The summed E-state index contributed by atoms with van der Waals surface area (Å²) in [5.74, 6) is 0.114. The second kappa shape index (κ2) is 9.17. The van der Waals surface area contributed by atoms with Crippen molar-refractivity contribution in [2.75, 3.05) is 39.3 Å². The van der Waals surface area contributed by atoms with Gasteiger partial charge in [0.1, 0.15) is 0 Å². The number of hydrogen-bond donors (Lipinski definition) is 1. The maximum atomic E-state index is 12.3. The lowest BCUT2D eigenvalue weighted by Crippen LogP contribution is -2.50. The van der Waals surface area contributed by atoms with Crippen LogP contribution in [0, 0.1) is 0 Å². The number of thiophene rings is 2. The lowest BCUT2D eigenvalue weighted by molar-refractivity contribution is 0.0638. The molecule has 0 aromatic carbocycles. The number of carbonyl (C=O) groups excluding carboxylic acids is 2. The van der Waals surface area contributed by atoms with Crippen LogP contribution < -0.4 is 5.32 Å². The van der Waals surface area contributed by atoms with E-state index in [1.54, 1.807) is 11.3 Å². The molecule has 0 radical (unpaired) electrons. The van der Waals surface area contributed by atoms with Crippen molar-refractivity contribution in [3.63, 3.8) is 0 Å². The van der Waals surface area contributed by atoms with Gasteiger partial charge < -0.3 is 10.2 Å². The molecule has 3 rings (SSSR count). The Morgan fingerprint density at radius 3 is 2.54 bits per heavy atom. The van der Waals surface area contributed by atoms with E-state index < -0.39 is 0 Å². The van der Waals surface area contributed by atoms with E-state index in [4.69, 9.17) is 0 Å². The lowest BCUT2D eigenvalue weighted by atomic mass is 10.2. The fourth-order valence-corrected chi connectivity index (χ4v) is 3.84. The SMILES string of the molecule is Cl.O=C(NCCN1CCN(C(=O)c2ccsc2)CC1)c1cccs1. The van der Waals surface area contributed by atoms with Gasteiger partial charge in [-0.2, -0.15) is 11.3 Å². The number of rotatable bonds is 5. The van der Waals surface area contributed by atoms with Crippen molar-refractivity contribution >= 4 is 46.9 Å². The molecule has 0 spiro atoms. The molecule has 0 atom stereocenters. The maximum absolute atomic E-state index is 12.3. The predicted octanol–water partition coefficient (Wildman–Crippen LogP) is 2.42. The Hall–Kier alpha value is -1.41. The minimum Gasteiger partial charge on any atom is -0.350 e. The molecule has 0 aliphatic carbocycles. The van der Waals surface area contributed by atoms with Gasteiger partial charge >= 0.3 is 0 Å². The number of carbonyl (C=O) groups is 2. The summed E-state index contributed by atoms with van der Waals surface area (Å²) in [5, 5.41) is 8.67. The molecule has 1 saturated heterocycles. The lowest BCUT2D eigenvalue weighted by Gasteiger charge is -2.34. The molecule has 1 fully saturated rings. The van der Waals surface area contributed by atoms with Crippen molar-refractivity contribution in [2.24, 2.45) is 0 Å². The Morgan fingerprint density at radius 2 is 1.92 bits per heavy atom. The highest BCUT2D eigenvalue weighted by atomic mass is 35.5. The van der Waals surface area contributed by atoms with E-state index in [0.29, 0.717) is 6.54 Å². The summed E-state index contributed by atoms with van der Waals surface area (Å²) in [5.41, 5.74) is 0.784. The molecule has 1 aliphatic rings. The molecule has 3 heterocycles. The maximum Gasteiger partial charge on any atom is 0.261 e. The Bertz CT molecular complexity index is 636. The zero-order valence-electron chi connectivity index (χ0n) is 13.1. The topological polar surface area (TPSA) is 52.7 Å². The normalized spacial score (nSPS) is 14.9. The quantitative estimate of drug-likeness (QED) is 0.859. The van der Waals surface area contributed by atoms with Gasteiger partial charge in [0, 0.05) is 44.6 Å². The number of halogens is 1. The Kier molecular flexibility index (Phi) is 7.23. The highest BCUT2D eigenvalue weighted by Gasteiger charge is 2.22. The van der Waals surface area contributed by atoms with Gasteiger partial charge in [-0.3, -0.25) is 14.5 Å². The van der Waals surface area contributed by atoms with Gasteiger partial charge in [0.15, 0.2) is 0 Å². The van der Waals surface area contributed by atoms with E-state index in [9.17, 15) is 9.59 Å². The van der Waals surface area contributed by atoms with Crippen LogP contribution in [0.1, 0.15) is 20.0 Å². The number of hydrogen-bond acceptors (Lipinski definition) is 5. The van der Waals surface area contributed by atoms with Crippen LogP contribution in [0.2, 0.25) is 0 Å². The van der Waals surface area contributed by atoms with Crippen molar-refractivity contribution in [1.82, 2.24) is 15.1 Å². The molecule has 1 N–H and O–H groups in total. The largest absolute Gasteiger partial charge is 0.350 e. The van der Waals surface area contributed by atoms with Gasteiger partial charge in [0.25, 0.3) is 11.8 Å². The molecule has 8 heteroatoms. The molecule has 0 saturated carbocycles. The van der Waals surface area contributed by atoms with Crippen molar-refractivity contribution in [1.29, 1.82) is 0 Å². The number of piperazine rings is 1. The van der Waals surface area contributed by atoms with Crippen molar-refractivity contribution in [2.45, 2.75) is 0 Å². The van der Waals surface area contributed by atoms with Crippen LogP contribution in [0.4, 0.5) is 0 Å². The molecule has 2 amide bonds. The molecule has 2 aromatic rings. The Labute approximate surface area is 155 Å². The van der Waals surface area contributed by atoms with Crippen LogP contribution >= 0.6 is 35.1 Å². The highest BCUT2D eigenvalue weighted by Crippen LogP contribution is 2.12. The van der Waals surface area contributed by atoms with Gasteiger partial charge in [-0.25, -0.2) is 0 Å². The van der Waals surface area contributed by atoms with Crippen LogP contribution in [-0.2, 0) is 0 Å². The van der Waals surface area contributed by atoms with Crippen molar-refractivity contribution < 1.29 is 9.59 Å². The number of nitrogens with one attached hydrogen (secondary N) is 1. The standard InChI is InChI=1S/C16H19N3O2S2.ClH/c20-15(14-2-1-10-23-14)17-4-5-18-6-8-19(9-7-18)16(21)13-3-11-22-12-13;/h1-3,10-12H,4-9H2,(H,17,20);1H. The van der Waals surface area contributed by atoms with E-state index in [2.05, 4.69) is 10.2 Å². The monoisotopic (exact) mass is 385 g/mol. The zero-order chi connectivity index (χ0) is 16.1. The summed E-state index contributed by atoms with van der Waals surface area (Å²) in [6.07, 6.45) is 0. The summed E-state index contributed by atoms with van der Waals surface area (Å²) < 4.78 is 0. The first-order valence-corrected chi connectivity index (χ1v) is 9.42. The van der Waals surface area contributed by atoms with Crippen LogP contribution in [0.5, 0.6) is 0 Å². The second-order valence-corrected chi connectivity index (χ2v) is 7.11. The van der Waals surface area contributed by atoms with Gasteiger partial charge in [-0.05, 0) is 22.9 Å². The fraction of sp³-hybridized carbons (Fsp3) is 0.375. The van der Waals surface area contributed by atoms with E-state index in [1.165, 1.54) is 11.3 Å². The number of nitrogens with zero attached hydrogens (tertiary/aromatic N) is 2. The van der Waals surface area contributed by atoms with Gasteiger partial charge in [-0.1, -0.05) is 6.07 Å². The first-order chi connectivity index (χ1) is 11.2. The van der Waals surface area contributed by atoms with Gasteiger partial charge in [-0.15, -0.1) is 23.7 Å². The first-order valence-electron chi connectivity index (χ1n) is 7.59. The summed E-state index contributed by atoms with van der Waals surface area (Å²) in [4.78, 5) is 29.0. The molecule has 1 aliphatic heterocycles. The predicted molar refractivity (Wildman–Crippen MR) is 101 cm³/mol. The van der Waals surface area contributed by atoms with E-state index >= 15 is 0 Å². The summed E-state index contributed by atoms with van der Waals surface area (Å²) in [7, 11) is 0. The smallest absolute Gasteiger partial charge is 0.261 e. The Morgan fingerprint density at radius 1 is 1.12 bits per heavy atom. The minimum atomic E-state index is -0.00808. The molecule has 0 unspecified atom stereocenters. The zero-order valence-corrected chi connectivity index (χ0v) is 15.6. The Balaban J connectivity index is 0.00000208. The third-order valence-electron chi connectivity index (χ3n) is 3.89. The molecular weight excluding hydrogens is 366 g/mol. The first kappa shape index (κ1) is 18.9. The van der Waals surface area contributed by atoms with E-state index in [0.717, 1.165) is 43.2 Å². The summed E-state index contributed by atoms with van der Waals surface area (Å²) in [6.45, 7) is 4.64. The van der Waals surface area contributed by atoms with Crippen LogP contribution in [0.3, 0.4) is 0 Å². The molecule has 5 nitrogen and oxygen atoms in total. The molecule has 24 heavy (non-hydrogen) atoms. The summed E-state index contributed by atoms with van der Waals surface area (Å²) in [6, 6.07) is 5.58. The third-order valence-corrected chi connectivity index (χ3v) is 5.44. The van der Waals surface area contributed by atoms with Crippen LogP contribution in [0.25, 0.3) is 0 Å². The fourth-order valence-electron chi connectivity index (χ4n) is 2.57. The molecular formula is C16H20ClN3O2S2. The summed E-state index contributed by atoms with van der Waals surface area (Å²) >= 11 is 3.00. The molecule has 0 bridgehead atoms. The van der Waals surface area contributed by atoms with Gasteiger partial charge in [0.2, 0.25) is 0 Å². The molecule has 130 valence electrons. The number of amides is 2. The third kappa shape index (κ3) is 4.80. The average Bonchev–Trinajstić information content (AvgIpc) is 3.28. The minimum absolute atomic E-state index is 0. The van der Waals surface area contributed by atoms with E-state index in [-0.39, 0.29) is 24.2 Å². The van der Waals surface area contributed by atoms with Crippen LogP contribution in [-0.4, -0.2) is 60.9 Å². The highest BCUT2D eigenvalue weighted by molar-refractivity contribution is 7.12. The van der Waals surface area contributed by atoms with Crippen LogP contribution in [0.15, 0.2) is 34.3 Å². The van der Waals surface area contributed by atoms with Gasteiger partial charge in [0.05, 0.1) is 10.4 Å². The van der Waals surface area contributed by atoms with Crippen molar-refractivity contribution in [3.8, 4) is 0 Å².